The summed E-state index contributed by atoms with van der Waals surface area (Å²) in [5.41, 5.74) is 1.91. The zero-order valence-electron chi connectivity index (χ0n) is 22.1. The molecular formula is C31H33NO6. The van der Waals surface area contributed by atoms with Crippen molar-refractivity contribution in [3.05, 3.63) is 95.1 Å². The van der Waals surface area contributed by atoms with Gasteiger partial charge in [-0.25, -0.2) is 0 Å². The summed E-state index contributed by atoms with van der Waals surface area (Å²) in [5.74, 6) is 0.213. The van der Waals surface area contributed by atoms with Gasteiger partial charge in [-0.3, -0.25) is 9.59 Å². The van der Waals surface area contributed by atoms with Gasteiger partial charge in [-0.1, -0.05) is 43.3 Å². The minimum Gasteiger partial charge on any atom is -0.507 e. The Balaban J connectivity index is 1.82. The molecule has 1 aliphatic rings. The summed E-state index contributed by atoms with van der Waals surface area (Å²) in [7, 11) is 1.59. The van der Waals surface area contributed by atoms with Gasteiger partial charge < -0.3 is 24.2 Å². The van der Waals surface area contributed by atoms with E-state index in [9.17, 15) is 14.7 Å². The number of benzene rings is 3. The van der Waals surface area contributed by atoms with Crippen molar-refractivity contribution in [3.63, 3.8) is 0 Å². The predicted octanol–water partition coefficient (Wildman–Crippen LogP) is 5.89. The van der Waals surface area contributed by atoms with Gasteiger partial charge in [0.1, 0.15) is 23.0 Å². The molecule has 198 valence electrons. The minimum absolute atomic E-state index is 0.0258. The maximum atomic E-state index is 13.4. The Morgan fingerprint density at radius 2 is 1.66 bits per heavy atom. The van der Waals surface area contributed by atoms with Gasteiger partial charge >= 0.3 is 0 Å². The monoisotopic (exact) mass is 515 g/mol. The summed E-state index contributed by atoms with van der Waals surface area (Å²) in [6.45, 7) is 6.56. The van der Waals surface area contributed by atoms with Gasteiger partial charge in [0.15, 0.2) is 0 Å². The lowest BCUT2D eigenvalue weighted by Gasteiger charge is -2.26. The Morgan fingerprint density at radius 3 is 2.34 bits per heavy atom. The summed E-state index contributed by atoms with van der Waals surface area (Å²) in [5, 5.41) is 11.4. The van der Waals surface area contributed by atoms with Crippen molar-refractivity contribution >= 4 is 17.4 Å². The van der Waals surface area contributed by atoms with Crippen LogP contribution in [0.2, 0.25) is 0 Å². The fourth-order valence-electron chi connectivity index (χ4n) is 4.46. The van der Waals surface area contributed by atoms with Crippen LogP contribution in [-0.2, 0) is 16.1 Å². The number of ether oxygens (including phenoxy) is 3. The van der Waals surface area contributed by atoms with Crippen LogP contribution in [0.1, 0.15) is 49.9 Å². The highest BCUT2D eigenvalue weighted by molar-refractivity contribution is 6.46. The molecule has 38 heavy (non-hydrogen) atoms. The second kappa shape index (κ2) is 11.9. The molecule has 7 nitrogen and oxygen atoms in total. The molecule has 4 rings (SSSR count). The van der Waals surface area contributed by atoms with E-state index in [1.807, 2.05) is 57.2 Å². The molecule has 1 fully saturated rings. The molecule has 1 aliphatic heterocycles. The Kier molecular flexibility index (Phi) is 8.36. The van der Waals surface area contributed by atoms with Gasteiger partial charge in [-0.05, 0) is 67.8 Å². The van der Waals surface area contributed by atoms with E-state index in [-0.39, 0.29) is 24.0 Å². The lowest BCUT2D eigenvalue weighted by molar-refractivity contribution is -0.140. The molecule has 0 radical (unpaired) electrons. The molecule has 0 saturated carbocycles. The Labute approximate surface area is 223 Å². The van der Waals surface area contributed by atoms with E-state index >= 15 is 0 Å². The van der Waals surface area contributed by atoms with Crippen molar-refractivity contribution in [2.75, 3.05) is 13.7 Å². The van der Waals surface area contributed by atoms with E-state index in [4.69, 9.17) is 14.2 Å². The highest BCUT2D eigenvalue weighted by Crippen LogP contribution is 2.41. The molecule has 1 N–H and O–H groups in total. The van der Waals surface area contributed by atoms with Crippen LogP contribution < -0.4 is 14.2 Å². The Morgan fingerprint density at radius 1 is 0.947 bits per heavy atom. The number of carbonyl (C=O) groups excluding carboxylic acids is 2. The third kappa shape index (κ3) is 5.83. The topological polar surface area (TPSA) is 85.3 Å². The number of likely N-dealkylation sites (tertiary alicyclic amines) is 1. The van der Waals surface area contributed by atoms with Crippen molar-refractivity contribution in [3.8, 4) is 17.2 Å². The van der Waals surface area contributed by atoms with Gasteiger partial charge in [0.05, 0.1) is 31.4 Å². The smallest absolute Gasteiger partial charge is 0.295 e. The van der Waals surface area contributed by atoms with Crippen LogP contribution in [0.5, 0.6) is 17.2 Å². The summed E-state index contributed by atoms with van der Waals surface area (Å²) >= 11 is 0. The average Bonchev–Trinajstić information content (AvgIpc) is 3.16. The summed E-state index contributed by atoms with van der Waals surface area (Å²) in [4.78, 5) is 28.3. The standard InChI is InChI=1S/C31H33NO6/c1-5-16-37-25-10-7-9-23(18-25)29(33)27-28(22-8-6-11-26(17-22)38-20(2)3)32(31(35)30(27)34)19-21-12-14-24(36-4)15-13-21/h6-15,17-18,20,28,33H,5,16,19H2,1-4H3/b29-27-. The maximum Gasteiger partial charge on any atom is 0.295 e. The zero-order chi connectivity index (χ0) is 27.2. The van der Waals surface area contributed by atoms with Crippen LogP contribution in [0.3, 0.4) is 0 Å². The van der Waals surface area contributed by atoms with Crippen molar-refractivity contribution < 1.29 is 28.9 Å². The first-order valence-corrected chi connectivity index (χ1v) is 12.7. The minimum atomic E-state index is -0.812. The molecule has 0 spiro atoms. The molecule has 0 aromatic heterocycles. The molecule has 3 aromatic rings. The largest absolute Gasteiger partial charge is 0.507 e. The van der Waals surface area contributed by atoms with E-state index in [0.717, 1.165) is 12.0 Å². The molecule has 1 atom stereocenters. The number of amides is 1. The number of carbonyl (C=O) groups is 2. The number of Topliss-reactive ketones (excluding diaryl/α,β-unsaturated/α-hetero) is 1. The molecule has 1 amide bonds. The number of hydrogen-bond acceptors (Lipinski definition) is 6. The predicted molar refractivity (Wildman–Crippen MR) is 145 cm³/mol. The van der Waals surface area contributed by atoms with Crippen LogP contribution >= 0.6 is 0 Å². The molecule has 7 heteroatoms. The van der Waals surface area contributed by atoms with Crippen molar-refractivity contribution in [1.29, 1.82) is 0 Å². The van der Waals surface area contributed by atoms with Crippen LogP contribution in [0.15, 0.2) is 78.4 Å². The molecule has 1 saturated heterocycles. The first-order valence-electron chi connectivity index (χ1n) is 12.7. The second-order valence-corrected chi connectivity index (χ2v) is 9.39. The number of aliphatic hydroxyl groups is 1. The second-order valence-electron chi connectivity index (χ2n) is 9.39. The quantitative estimate of drug-likeness (QED) is 0.206. The van der Waals surface area contributed by atoms with Gasteiger partial charge in [0.2, 0.25) is 0 Å². The average molecular weight is 516 g/mol. The summed E-state index contributed by atoms with van der Waals surface area (Å²) in [6.07, 6.45) is 0.781. The molecule has 1 heterocycles. The normalized spacial score (nSPS) is 16.7. The molecule has 1 unspecified atom stereocenters. The number of aliphatic hydroxyl groups excluding tert-OH is 1. The molecule has 3 aromatic carbocycles. The van der Waals surface area contributed by atoms with Crippen molar-refractivity contribution in [2.24, 2.45) is 0 Å². The van der Waals surface area contributed by atoms with Gasteiger partial charge in [-0.15, -0.1) is 0 Å². The van der Waals surface area contributed by atoms with E-state index < -0.39 is 17.7 Å². The van der Waals surface area contributed by atoms with E-state index in [1.54, 1.807) is 43.5 Å². The van der Waals surface area contributed by atoms with E-state index in [2.05, 4.69) is 0 Å². The molecule has 0 bridgehead atoms. The SMILES string of the molecule is CCCOc1cccc(/C(O)=C2/C(=O)C(=O)N(Cc3ccc(OC)cc3)C2c2cccc(OC(C)C)c2)c1. The van der Waals surface area contributed by atoms with Crippen LogP contribution in [0.4, 0.5) is 0 Å². The molecule has 0 aliphatic carbocycles. The van der Waals surface area contributed by atoms with Gasteiger partial charge in [0, 0.05) is 12.1 Å². The number of hydrogen-bond donors (Lipinski definition) is 1. The van der Waals surface area contributed by atoms with Crippen LogP contribution in [0.25, 0.3) is 5.76 Å². The first kappa shape index (κ1) is 26.8. The summed E-state index contributed by atoms with van der Waals surface area (Å²) < 4.78 is 16.8. The van der Waals surface area contributed by atoms with Crippen molar-refractivity contribution in [2.45, 2.75) is 45.9 Å². The Bertz CT molecular complexity index is 1330. The van der Waals surface area contributed by atoms with Crippen molar-refractivity contribution in [1.82, 2.24) is 4.90 Å². The zero-order valence-corrected chi connectivity index (χ0v) is 22.1. The lowest BCUT2D eigenvalue weighted by Crippen LogP contribution is -2.29. The highest BCUT2D eigenvalue weighted by Gasteiger charge is 2.46. The number of ketones is 1. The lowest BCUT2D eigenvalue weighted by atomic mass is 9.95. The fraction of sp³-hybridized carbons (Fsp3) is 0.290. The number of nitrogens with zero attached hydrogens (tertiary/aromatic N) is 1. The molecular weight excluding hydrogens is 482 g/mol. The summed E-state index contributed by atoms with van der Waals surface area (Å²) in [6, 6.07) is 20.7. The van der Waals surface area contributed by atoms with Crippen LogP contribution in [0, 0.1) is 0 Å². The maximum absolute atomic E-state index is 13.4. The van der Waals surface area contributed by atoms with Crippen LogP contribution in [-0.4, -0.2) is 41.5 Å². The highest BCUT2D eigenvalue weighted by atomic mass is 16.5. The third-order valence-electron chi connectivity index (χ3n) is 6.18. The van der Waals surface area contributed by atoms with Gasteiger partial charge in [0.25, 0.3) is 11.7 Å². The first-order chi connectivity index (χ1) is 18.3. The van der Waals surface area contributed by atoms with Gasteiger partial charge in [-0.2, -0.15) is 0 Å². The third-order valence-corrected chi connectivity index (χ3v) is 6.18. The van der Waals surface area contributed by atoms with E-state index in [0.29, 0.717) is 35.0 Å². The Hall–Kier alpha value is -4.26. The number of rotatable bonds is 10. The number of methoxy groups -OCH3 is 1. The fourth-order valence-corrected chi connectivity index (χ4v) is 4.46. The van der Waals surface area contributed by atoms with E-state index in [1.165, 1.54) is 4.90 Å².